The van der Waals surface area contributed by atoms with E-state index in [1.807, 2.05) is 18.5 Å². The summed E-state index contributed by atoms with van der Waals surface area (Å²) < 4.78 is 0. The van der Waals surface area contributed by atoms with Crippen molar-refractivity contribution in [1.29, 1.82) is 0 Å². The van der Waals surface area contributed by atoms with Crippen molar-refractivity contribution < 1.29 is 0 Å². The minimum absolute atomic E-state index is 0.630. The van der Waals surface area contributed by atoms with Crippen LogP contribution in [-0.2, 0) is 0 Å². The van der Waals surface area contributed by atoms with E-state index in [0.717, 1.165) is 5.92 Å². The molecule has 2 heterocycles. The lowest BCUT2D eigenvalue weighted by Crippen LogP contribution is -2.20. The Morgan fingerprint density at radius 2 is 2.43 bits per heavy atom. The number of pyridine rings is 1. The van der Waals surface area contributed by atoms with Gasteiger partial charge in [-0.1, -0.05) is 12.1 Å². The minimum Gasteiger partial charge on any atom is -0.310 e. The molecule has 2 unspecified atom stereocenters. The molecule has 0 amide bonds. The summed E-state index contributed by atoms with van der Waals surface area (Å²) in [7, 11) is 0. The third-order valence-electron chi connectivity index (χ3n) is 3.30. The predicted molar refractivity (Wildman–Crippen MR) is 56.7 cm³/mol. The van der Waals surface area contributed by atoms with Crippen molar-refractivity contribution in [2.45, 2.75) is 18.9 Å². The molecule has 1 saturated heterocycles. The monoisotopic (exact) mass is 186 g/mol. The number of hydrogen-bond acceptors (Lipinski definition) is 2. The lowest BCUT2D eigenvalue weighted by Gasteiger charge is -2.06. The van der Waals surface area contributed by atoms with E-state index < -0.39 is 0 Å². The molecule has 1 N–H and O–H groups in total. The van der Waals surface area contributed by atoms with Crippen molar-refractivity contribution in [3.63, 3.8) is 0 Å². The first kappa shape index (κ1) is 8.18. The maximum atomic E-state index is 4.16. The summed E-state index contributed by atoms with van der Waals surface area (Å²) in [5, 5.41) is 3.52. The van der Waals surface area contributed by atoms with E-state index in [0.29, 0.717) is 6.04 Å². The highest BCUT2D eigenvalue weighted by Crippen LogP contribution is 2.36. The smallest absolute Gasteiger partial charge is 0.0342 e. The van der Waals surface area contributed by atoms with E-state index in [-0.39, 0.29) is 0 Å². The number of fused-ring (bicyclic) bond motifs is 1. The van der Waals surface area contributed by atoms with Crippen molar-refractivity contribution in [3.05, 3.63) is 36.2 Å². The van der Waals surface area contributed by atoms with Gasteiger partial charge in [-0.2, -0.15) is 0 Å². The van der Waals surface area contributed by atoms with Gasteiger partial charge in [0.05, 0.1) is 0 Å². The molecule has 0 radical (unpaired) electrons. The number of nitrogens with one attached hydrogen (secondary N) is 1. The van der Waals surface area contributed by atoms with Gasteiger partial charge < -0.3 is 5.32 Å². The van der Waals surface area contributed by atoms with Crippen LogP contribution in [0.15, 0.2) is 30.6 Å². The molecule has 0 spiro atoms. The molecular formula is C12H14N2. The molecule has 1 aromatic rings. The fraction of sp³-hybridized carbons (Fsp3) is 0.417. The summed E-state index contributed by atoms with van der Waals surface area (Å²) in [5.74, 6) is 0.838. The van der Waals surface area contributed by atoms with E-state index in [2.05, 4.69) is 22.4 Å². The number of rotatable bonds is 1. The lowest BCUT2D eigenvalue weighted by atomic mass is 10.00. The highest BCUT2D eigenvalue weighted by molar-refractivity contribution is 5.68. The van der Waals surface area contributed by atoms with Crippen molar-refractivity contribution in [2.24, 2.45) is 5.92 Å². The summed E-state index contributed by atoms with van der Waals surface area (Å²) >= 11 is 0. The Morgan fingerprint density at radius 3 is 3.21 bits per heavy atom. The zero-order valence-corrected chi connectivity index (χ0v) is 8.11. The fourth-order valence-electron chi connectivity index (χ4n) is 2.54. The van der Waals surface area contributed by atoms with Crippen LogP contribution < -0.4 is 5.32 Å². The van der Waals surface area contributed by atoms with Crippen LogP contribution in [0.5, 0.6) is 0 Å². The Morgan fingerprint density at radius 1 is 1.43 bits per heavy atom. The molecule has 3 rings (SSSR count). The predicted octanol–water partition coefficient (Wildman–Crippen LogP) is 1.85. The highest BCUT2D eigenvalue weighted by atomic mass is 15.0. The van der Waals surface area contributed by atoms with Crippen molar-refractivity contribution in [2.75, 3.05) is 6.54 Å². The molecule has 2 atom stereocenters. The topological polar surface area (TPSA) is 24.9 Å². The Balaban J connectivity index is 1.88. The van der Waals surface area contributed by atoms with Gasteiger partial charge in [0.2, 0.25) is 0 Å². The Bertz CT molecular complexity index is 356. The zero-order chi connectivity index (χ0) is 9.38. The van der Waals surface area contributed by atoms with Crippen molar-refractivity contribution >= 4 is 5.57 Å². The van der Waals surface area contributed by atoms with Crippen LogP contribution in [0.3, 0.4) is 0 Å². The largest absolute Gasteiger partial charge is 0.310 e. The quantitative estimate of drug-likeness (QED) is 0.724. The van der Waals surface area contributed by atoms with E-state index in [1.165, 1.54) is 30.5 Å². The normalized spacial score (nSPS) is 30.1. The molecule has 0 aromatic carbocycles. The van der Waals surface area contributed by atoms with E-state index >= 15 is 0 Å². The Labute approximate surface area is 84.1 Å². The molecule has 72 valence electrons. The van der Waals surface area contributed by atoms with Crippen LogP contribution in [0.25, 0.3) is 5.57 Å². The van der Waals surface area contributed by atoms with Gasteiger partial charge in [-0.15, -0.1) is 0 Å². The highest BCUT2D eigenvalue weighted by Gasteiger charge is 2.31. The Hall–Kier alpha value is -1.15. The van der Waals surface area contributed by atoms with Gasteiger partial charge in [-0.3, -0.25) is 4.98 Å². The van der Waals surface area contributed by atoms with Crippen LogP contribution in [0, 0.1) is 5.92 Å². The summed E-state index contributed by atoms with van der Waals surface area (Å²) in [6.07, 6.45) is 8.73. The minimum atomic E-state index is 0.630. The van der Waals surface area contributed by atoms with Gasteiger partial charge >= 0.3 is 0 Å². The summed E-state index contributed by atoms with van der Waals surface area (Å²) in [6, 6.07) is 4.79. The van der Waals surface area contributed by atoms with Crippen LogP contribution in [0.1, 0.15) is 18.4 Å². The van der Waals surface area contributed by atoms with E-state index in [1.54, 1.807) is 0 Å². The number of aromatic nitrogens is 1. The third kappa shape index (κ3) is 1.26. The van der Waals surface area contributed by atoms with Crippen LogP contribution in [0.4, 0.5) is 0 Å². The summed E-state index contributed by atoms with van der Waals surface area (Å²) in [4.78, 5) is 4.16. The second kappa shape index (κ2) is 3.21. The molecule has 14 heavy (non-hydrogen) atoms. The number of nitrogens with zero attached hydrogens (tertiary/aromatic N) is 1. The molecule has 2 nitrogen and oxygen atoms in total. The van der Waals surface area contributed by atoms with Crippen LogP contribution in [-0.4, -0.2) is 17.6 Å². The van der Waals surface area contributed by atoms with Gasteiger partial charge in [0.1, 0.15) is 0 Å². The first-order chi connectivity index (χ1) is 6.93. The molecule has 1 aromatic heterocycles. The van der Waals surface area contributed by atoms with Crippen molar-refractivity contribution in [3.8, 4) is 0 Å². The second-order valence-electron chi connectivity index (χ2n) is 4.17. The maximum absolute atomic E-state index is 4.16. The van der Waals surface area contributed by atoms with Crippen molar-refractivity contribution in [1.82, 2.24) is 10.3 Å². The lowest BCUT2D eigenvalue weighted by molar-refractivity contribution is 0.553. The average molecular weight is 186 g/mol. The molecule has 1 fully saturated rings. The van der Waals surface area contributed by atoms with Crippen LogP contribution >= 0.6 is 0 Å². The molecule has 0 bridgehead atoms. The molecule has 1 aliphatic carbocycles. The maximum Gasteiger partial charge on any atom is 0.0342 e. The second-order valence-corrected chi connectivity index (χ2v) is 4.17. The fourth-order valence-corrected chi connectivity index (χ4v) is 2.54. The Kier molecular flexibility index (Phi) is 1.88. The van der Waals surface area contributed by atoms with E-state index in [9.17, 15) is 0 Å². The van der Waals surface area contributed by atoms with Gasteiger partial charge in [0.15, 0.2) is 0 Å². The van der Waals surface area contributed by atoms with Gasteiger partial charge in [-0.25, -0.2) is 0 Å². The first-order valence-electron chi connectivity index (χ1n) is 5.28. The first-order valence-corrected chi connectivity index (χ1v) is 5.28. The van der Waals surface area contributed by atoms with Crippen LogP contribution in [0.2, 0.25) is 0 Å². The van der Waals surface area contributed by atoms with Gasteiger partial charge in [0.25, 0.3) is 0 Å². The average Bonchev–Trinajstić information content (AvgIpc) is 2.78. The molecule has 2 aliphatic rings. The SMILES string of the molecule is C1=C(c2cccnc2)CC2CCNC12. The molecule has 0 saturated carbocycles. The number of hydrogen-bond donors (Lipinski definition) is 1. The van der Waals surface area contributed by atoms with E-state index in [4.69, 9.17) is 0 Å². The number of allylic oxidation sites excluding steroid dienone is 1. The zero-order valence-electron chi connectivity index (χ0n) is 8.11. The van der Waals surface area contributed by atoms with Gasteiger partial charge in [-0.05, 0) is 42.5 Å². The molecular weight excluding hydrogens is 172 g/mol. The molecule has 2 heteroatoms. The summed E-state index contributed by atoms with van der Waals surface area (Å²) in [6.45, 7) is 1.19. The van der Waals surface area contributed by atoms with Gasteiger partial charge in [0, 0.05) is 18.4 Å². The molecule has 1 aliphatic heterocycles. The standard InChI is InChI=1S/C12H14N2/c1-2-10(8-13-4-1)11-6-9-3-5-14-12(9)7-11/h1-2,4,7-9,12,14H,3,5-6H2. The third-order valence-corrected chi connectivity index (χ3v) is 3.30. The summed E-state index contributed by atoms with van der Waals surface area (Å²) in [5.41, 5.74) is 2.77.